The van der Waals surface area contributed by atoms with Crippen LogP contribution in [-0.2, 0) is 0 Å². The Kier molecular flexibility index (Phi) is 4.28. The summed E-state index contributed by atoms with van der Waals surface area (Å²) in [4.78, 5) is 0. The Morgan fingerprint density at radius 1 is 1.47 bits per heavy atom. The molecule has 0 aromatic heterocycles. The number of benzene rings is 1. The van der Waals surface area contributed by atoms with Gasteiger partial charge in [-0.15, -0.1) is 0 Å². The maximum absolute atomic E-state index is 5.74. The van der Waals surface area contributed by atoms with Crippen LogP contribution in [0.5, 0.6) is 5.75 Å². The molecule has 0 bridgehead atoms. The molecule has 0 saturated carbocycles. The second-order valence-corrected chi connectivity index (χ2v) is 3.79. The number of nitrogen functional groups attached to an aromatic ring is 1. The molecule has 0 aliphatic rings. The topological polar surface area (TPSA) is 47.3 Å². The molecule has 0 aliphatic carbocycles. The van der Waals surface area contributed by atoms with Crippen molar-refractivity contribution in [2.45, 2.75) is 32.7 Å². The van der Waals surface area contributed by atoms with E-state index in [2.05, 4.69) is 19.2 Å². The molecular weight excluding hydrogens is 188 g/mol. The summed E-state index contributed by atoms with van der Waals surface area (Å²) in [5.41, 5.74) is 7.46. The highest BCUT2D eigenvalue weighted by Crippen LogP contribution is 2.27. The molecule has 3 heteroatoms. The summed E-state index contributed by atoms with van der Waals surface area (Å²) >= 11 is 0. The Bertz CT molecular complexity index is 312. The molecule has 3 N–H and O–H groups in total. The highest BCUT2D eigenvalue weighted by atomic mass is 16.5. The first kappa shape index (κ1) is 11.7. The van der Waals surface area contributed by atoms with Crippen molar-refractivity contribution in [3.05, 3.63) is 18.2 Å². The number of methoxy groups -OCH3 is 1. The predicted octanol–water partition coefficient (Wildman–Crippen LogP) is 2.88. The fraction of sp³-hybridized carbons (Fsp3) is 0.500. The van der Waals surface area contributed by atoms with E-state index in [-0.39, 0.29) is 0 Å². The van der Waals surface area contributed by atoms with E-state index in [1.165, 1.54) is 6.42 Å². The van der Waals surface area contributed by atoms with Crippen LogP contribution in [0.1, 0.15) is 26.7 Å². The summed E-state index contributed by atoms with van der Waals surface area (Å²) in [6, 6.07) is 6.07. The molecule has 0 heterocycles. The third-order valence-electron chi connectivity index (χ3n) is 2.35. The van der Waals surface area contributed by atoms with E-state index in [9.17, 15) is 0 Å². The van der Waals surface area contributed by atoms with E-state index in [0.717, 1.165) is 23.5 Å². The largest absolute Gasteiger partial charge is 0.495 e. The quantitative estimate of drug-likeness (QED) is 0.731. The molecule has 0 saturated heterocycles. The molecule has 0 fully saturated rings. The van der Waals surface area contributed by atoms with Crippen LogP contribution < -0.4 is 15.8 Å². The number of ether oxygens (including phenoxy) is 1. The molecule has 84 valence electrons. The molecule has 1 aromatic rings. The number of hydrogen-bond donors (Lipinski definition) is 2. The minimum absolute atomic E-state index is 0.436. The van der Waals surface area contributed by atoms with Crippen LogP contribution in [0, 0.1) is 0 Å². The predicted molar refractivity (Wildman–Crippen MR) is 65.4 cm³/mol. The zero-order chi connectivity index (χ0) is 11.3. The van der Waals surface area contributed by atoms with Gasteiger partial charge in [0, 0.05) is 11.7 Å². The second-order valence-electron chi connectivity index (χ2n) is 3.79. The summed E-state index contributed by atoms with van der Waals surface area (Å²) < 4.78 is 5.26. The van der Waals surface area contributed by atoms with Crippen molar-refractivity contribution in [3.8, 4) is 5.75 Å². The lowest BCUT2D eigenvalue weighted by molar-refractivity contribution is 0.416. The number of hydrogen-bond acceptors (Lipinski definition) is 3. The Balaban J connectivity index is 2.77. The van der Waals surface area contributed by atoms with Crippen molar-refractivity contribution in [2.75, 3.05) is 18.2 Å². The standard InChI is InChI=1S/C12H20N2O/c1-4-5-9(2)14-11-8-10(13)6-7-12(11)15-3/h6-9,14H,4-5,13H2,1-3H3. The smallest absolute Gasteiger partial charge is 0.142 e. The summed E-state index contributed by atoms with van der Waals surface area (Å²) in [7, 11) is 1.67. The summed E-state index contributed by atoms with van der Waals surface area (Å²) in [5.74, 6) is 0.840. The van der Waals surface area contributed by atoms with Crippen LogP contribution in [0.3, 0.4) is 0 Å². The molecule has 0 amide bonds. The van der Waals surface area contributed by atoms with Crippen LogP contribution >= 0.6 is 0 Å². The Morgan fingerprint density at radius 3 is 2.80 bits per heavy atom. The molecule has 1 aromatic carbocycles. The minimum atomic E-state index is 0.436. The van der Waals surface area contributed by atoms with Gasteiger partial charge in [-0.05, 0) is 31.5 Å². The normalized spacial score (nSPS) is 12.2. The van der Waals surface area contributed by atoms with E-state index in [0.29, 0.717) is 6.04 Å². The van der Waals surface area contributed by atoms with Gasteiger partial charge in [-0.3, -0.25) is 0 Å². The van der Waals surface area contributed by atoms with Crippen molar-refractivity contribution in [2.24, 2.45) is 0 Å². The Labute approximate surface area is 91.6 Å². The lowest BCUT2D eigenvalue weighted by atomic mass is 10.1. The highest BCUT2D eigenvalue weighted by Gasteiger charge is 2.06. The van der Waals surface area contributed by atoms with Crippen LogP contribution in [0.2, 0.25) is 0 Å². The number of rotatable bonds is 5. The van der Waals surface area contributed by atoms with Crippen molar-refractivity contribution in [1.29, 1.82) is 0 Å². The van der Waals surface area contributed by atoms with E-state index in [4.69, 9.17) is 10.5 Å². The highest BCUT2D eigenvalue weighted by molar-refractivity contribution is 5.63. The minimum Gasteiger partial charge on any atom is -0.495 e. The van der Waals surface area contributed by atoms with Crippen LogP contribution in [-0.4, -0.2) is 13.2 Å². The van der Waals surface area contributed by atoms with Gasteiger partial charge in [0.15, 0.2) is 0 Å². The zero-order valence-electron chi connectivity index (χ0n) is 9.71. The third kappa shape index (κ3) is 3.35. The molecule has 0 radical (unpaired) electrons. The molecule has 15 heavy (non-hydrogen) atoms. The Morgan fingerprint density at radius 2 is 2.20 bits per heavy atom. The number of anilines is 2. The first-order valence-corrected chi connectivity index (χ1v) is 5.37. The first-order valence-electron chi connectivity index (χ1n) is 5.37. The molecule has 0 aliphatic heterocycles. The summed E-state index contributed by atoms with van der Waals surface area (Å²) in [6.45, 7) is 4.33. The van der Waals surface area contributed by atoms with Gasteiger partial charge in [0.2, 0.25) is 0 Å². The van der Waals surface area contributed by atoms with Gasteiger partial charge < -0.3 is 15.8 Å². The van der Waals surface area contributed by atoms with E-state index < -0.39 is 0 Å². The van der Waals surface area contributed by atoms with Crippen LogP contribution in [0.4, 0.5) is 11.4 Å². The summed E-state index contributed by atoms with van der Waals surface area (Å²) in [6.07, 6.45) is 2.30. The fourth-order valence-electron chi connectivity index (χ4n) is 1.61. The van der Waals surface area contributed by atoms with Gasteiger partial charge in [0.1, 0.15) is 5.75 Å². The molecule has 1 rings (SSSR count). The van der Waals surface area contributed by atoms with E-state index in [1.54, 1.807) is 7.11 Å². The van der Waals surface area contributed by atoms with Gasteiger partial charge in [0.05, 0.1) is 12.8 Å². The molecular formula is C12H20N2O. The van der Waals surface area contributed by atoms with Gasteiger partial charge in [-0.25, -0.2) is 0 Å². The van der Waals surface area contributed by atoms with Crippen molar-refractivity contribution < 1.29 is 4.74 Å². The van der Waals surface area contributed by atoms with Gasteiger partial charge in [-0.2, -0.15) is 0 Å². The van der Waals surface area contributed by atoms with Gasteiger partial charge >= 0.3 is 0 Å². The van der Waals surface area contributed by atoms with Gasteiger partial charge in [0.25, 0.3) is 0 Å². The SMILES string of the molecule is CCCC(C)Nc1cc(N)ccc1OC. The fourth-order valence-corrected chi connectivity index (χ4v) is 1.61. The maximum Gasteiger partial charge on any atom is 0.142 e. The van der Waals surface area contributed by atoms with Crippen LogP contribution in [0.25, 0.3) is 0 Å². The molecule has 1 unspecified atom stereocenters. The average Bonchev–Trinajstić information content (AvgIpc) is 2.18. The monoisotopic (exact) mass is 208 g/mol. The van der Waals surface area contributed by atoms with Crippen LogP contribution in [0.15, 0.2) is 18.2 Å². The average molecular weight is 208 g/mol. The molecule has 1 atom stereocenters. The van der Waals surface area contributed by atoms with Gasteiger partial charge in [-0.1, -0.05) is 13.3 Å². The molecule has 0 spiro atoms. The van der Waals surface area contributed by atoms with Crippen molar-refractivity contribution >= 4 is 11.4 Å². The van der Waals surface area contributed by atoms with E-state index in [1.807, 2.05) is 18.2 Å². The first-order chi connectivity index (χ1) is 7.17. The van der Waals surface area contributed by atoms with Crippen molar-refractivity contribution in [1.82, 2.24) is 0 Å². The lowest BCUT2D eigenvalue weighted by Gasteiger charge is -2.17. The third-order valence-corrected chi connectivity index (χ3v) is 2.35. The van der Waals surface area contributed by atoms with Crippen molar-refractivity contribution in [3.63, 3.8) is 0 Å². The zero-order valence-corrected chi connectivity index (χ0v) is 9.71. The lowest BCUT2D eigenvalue weighted by Crippen LogP contribution is -2.15. The maximum atomic E-state index is 5.74. The second kappa shape index (κ2) is 5.49. The number of nitrogens with one attached hydrogen (secondary N) is 1. The molecule has 3 nitrogen and oxygen atoms in total. The van der Waals surface area contributed by atoms with E-state index >= 15 is 0 Å². The Hall–Kier alpha value is -1.38. The summed E-state index contributed by atoms with van der Waals surface area (Å²) in [5, 5.41) is 3.40. The number of nitrogens with two attached hydrogens (primary N) is 1.